The van der Waals surface area contributed by atoms with Crippen LogP contribution in [0.1, 0.15) is 32.9 Å². The van der Waals surface area contributed by atoms with E-state index in [2.05, 4.69) is 39.1 Å². The highest BCUT2D eigenvalue weighted by atomic mass is 16.1. The van der Waals surface area contributed by atoms with Crippen LogP contribution in [0.2, 0.25) is 0 Å². The normalized spacial score (nSPS) is 11.0. The summed E-state index contributed by atoms with van der Waals surface area (Å²) in [6.07, 6.45) is 6.75. The first kappa shape index (κ1) is 17.9. The van der Waals surface area contributed by atoms with Crippen LogP contribution in [0, 0.1) is 27.7 Å². The van der Waals surface area contributed by atoms with Crippen LogP contribution in [0.15, 0.2) is 43.0 Å². The number of benzene rings is 1. The van der Waals surface area contributed by atoms with Crippen LogP contribution in [0.5, 0.6) is 0 Å². The van der Waals surface area contributed by atoms with Gasteiger partial charge in [-0.2, -0.15) is 0 Å². The third-order valence-corrected chi connectivity index (χ3v) is 5.07. The fourth-order valence-electron chi connectivity index (χ4n) is 3.49. The summed E-state index contributed by atoms with van der Waals surface area (Å²) in [4.78, 5) is 28.5. The van der Waals surface area contributed by atoms with E-state index in [1.54, 1.807) is 13.1 Å². The van der Waals surface area contributed by atoms with Crippen molar-refractivity contribution in [2.75, 3.05) is 5.32 Å². The van der Waals surface area contributed by atoms with Gasteiger partial charge in [-0.05, 0) is 62.6 Å². The maximum Gasteiger partial charge on any atom is 0.258 e. The lowest BCUT2D eigenvalue weighted by Crippen LogP contribution is -2.13. The Balaban J connectivity index is 1.75. The molecule has 1 aromatic carbocycles. The molecule has 0 unspecified atom stereocenters. The molecule has 3 aromatic heterocycles. The number of hydrogen-bond acceptors (Lipinski definition) is 4. The van der Waals surface area contributed by atoms with Crippen molar-refractivity contribution in [3.63, 3.8) is 0 Å². The van der Waals surface area contributed by atoms with Gasteiger partial charge in [0, 0.05) is 46.9 Å². The third kappa shape index (κ3) is 3.03. The molecule has 0 atom stereocenters. The molecule has 0 aliphatic carbocycles. The number of amides is 1. The molecule has 4 aromatic rings. The van der Waals surface area contributed by atoms with Gasteiger partial charge in [0.15, 0.2) is 0 Å². The van der Waals surface area contributed by atoms with Gasteiger partial charge in [0.2, 0.25) is 0 Å². The summed E-state index contributed by atoms with van der Waals surface area (Å²) in [5.41, 5.74) is 7.69. The summed E-state index contributed by atoms with van der Waals surface area (Å²) < 4.78 is 0. The number of rotatable bonds is 3. The Kier molecular flexibility index (Phi) is 4.39. The quantitative estimate of drug-likeness (QED) is 0.555. The van der Waals surface area contributed by atoms with E-state index < -0.39 is 0 Å². The highest BCUT2D eigenvalue weighted by Gasteiger charge is 2.16. The molecule has 140 valence electrons. The van der Waals surface area contributed by atoms with Gasteiger partial charge in [0.25, 0.3) is 5.91 Å². The van der Waals surface area contributed by atoms with E-state index in [0.29, 0.717) is 11.4 Å². The molecule has 4 rings (SSSR count). The number of hydrogen-bond donors (Lipinski definition) is 2. The number of carbonyl (C=O) groups is 1. The number of nitrogens with zero attached hydrogens (tertiary/aromatic N) is 3. The number of fused-ring (bicyclic) bond motifs is 1. The molecular formula is C22H21N5O. The van der Waals surface area contributed by atoms with E-state index in [4.69, 9.17) is 0 Å². The van der Waals surface area contributed by atoms with Gasteiger partial charge in [-0.3, -0.25) is 9.78 Å². The van der Waals surface area contributed by atoms with Crippen molar-refractivity contribution in [1.29, 1.82) is 0 Å². The molecule has 2 N–H and O–H groups in total. The molecule has 0 aliphatic heterocycles. The van der Waals surface area contributed by atoms with Crippen molar-refractivity contribution in [2.45, 2.75) is 27.7 Å². The Labute approximate surface area is 163 Å². The molecule has 1 amide bonds. The number of carbonyl (C=O) groups excluding carboxylic acids is 1. The van der Waals surface area contributed by atoms with Gasteiger partial charge in [-0.25, -0.2) is 9.97 Å². The SMILES string of the molecule is Cc1ncc(C(=O)Nc2ccc3[nH]c(-c4cnccc4C)c(C)c3c2C)cn1. The maximum atomic E-state index is 12.6. The van der Waals surface area contributed by atoms with Crippen LogP contribution in [0.4, 0.5) is 5.69 Å². The van der Waals surface area contributed by atoms with Crippen LogP contribution >= 0.6 is 0 Å². The minimum atomic E-state index is -0.223. The Morgan fingerprint density at radius 3 is 2.43 bits per heavy atom. The molecule has 6 nitrogen and oxygen atoms in total. The van der Waals surface area contributed by atoms with Crippen LogP contribution in [0.25, 0.3) is 22.2 Å². The fraction of sp³-hybridized carbons (Fsp3) is 0.182. The lowest BCUT2D eigenvalue weighted by molar-refractivity contribution is 0.102. The van der Waals surface area contributed by atoms with E-state index in [1.807, 2.05) is 31.3 Å². The Morgan fingerprint density at radius 1 is 0.964 bits per heavy atom. The van der Waals surface area contributed by atoms with E-state index in [1.165, 1.54) is 12.4 Å². The number of pyridine rings is 1. The first-order chi connectivity index (χ1) is 13.5. The zero-order valence-electron chi connectivity index (χ0n) is 16.3. The van der Waals surface area contributed by atoms with E-state index in [-0.39, 0.29) is 5.91 Å². The average Bonchev–Trinajstić information content (AvgIpc) is 3.02. The summed E-state index contributed by atoms with van der Waals surface area (Å²) >= 11 is 0. The Morgan fingerprint density at radius 2 is 1.71 bits per heavy atom. The Hall–Kier alpha value is -3.54. The van der Waals surface area contributed by atoms with E-state index in [0.717, 1.165) is 44.5 Å². The lowest BCUT2D eigenvalue weighted by Gasteiger charge is -2.10. The molecule has 28 heavy (non-hydrogen) atoms. The molecule has 0 aliphatic rings. The highest BCUT2D eigenvalue weighted by Crippen LogP contribution is 2.35. The van der Waals surface area contributed by atoms with Crippen LogP contribution in [-0.2, 0) is 0 Å². The molecular weight excluding hydrogens is 350 g/mol. The summed E-state index contributed by atoms with van der Waals surface area (Å²) in [6, 6.07) is 5.91. The average molecular weight is 371 g/mol. The van der Waals surface area contributed by atoms with Gasteiger partial charge in [-0.1, -0.05) is 0 Å². The molecule has 0 fully saturated rings. The number of aromatic amines is 1. The molecule has 0 saturated carbocycles. The number of aryl methyl sites for hydroxylation is 4. The smallest absolute Gasteiger partial charge is 0.258 e. The minimum absolute atomic E-state index is 0.223. The van der Waals surface area contributed by atoms with E-state index in [9.17, 15) is 4.79 Å². The molecule has 0 saturated heterocycles. The summed E-state index contributed by atoms with van der Waals surface area (Å²) in [7, 11) is 0. The maximum absolute atomic E-state index is 12.6. The number of aromatic nitrogens is 4. The van der Waals surface area contributed by atoms with Crippen molar-refractivity contribution >= 4 is 22.5 Å². The van der Waals surface area contributed by atoms with Crippen molar-refractivity contribution in [2.24, 2.45) is 0 Å². The van der Waals surface area contributed by atoms with Crippen LogP contribution in [-0.4, -0.2) is 25.8 Å². The lowest BCUT2D eigenvalue weighted by atomic mass is 10.0. The highest BCUT2D eigenvalue weighted by molar-refractivity contribution is 6.06. The van der Waals surface area contributed by atoms with Gasteiger partial charge in [-0.15, -0.1) is 0 Å². The second kappa shape index (κ2) is 6.88. The topological polar surface area (TPSA) is 83.6 Å². The van der Waals surface area contributed by atoms with Gasteiger partial charge >= 0.3 is 0 Å². The van der Waals surface area contributed by atoms with Crippen molar-refractivity contribution < 1.29 is 4.79 Å². The first-order valence-electron chi connectivity index (χ1n) is 9.08. The zero-order valence-corrected chi connectivity index (χ0v) is 16.3. The predicted molar refractivity (Wildman–Crippen MR) is 110 cm³/mol. The van der Waals surface area contributed by atoms with Crippen molar-refractivity contribution in [3.05, 3.63) is 71.1 Å². The van der Waals surface area contributed by atoms with Crippen molar-refractivity contribution in [1.82, 2.24) is 19.9 Å². The monoisotopic (exact) mass is 371 g/mol. The largest absolute Gasteiger partial charge is 0.354 e. The third-order valence-electron chi connectivity index (χ3n) is 5.07. The first-order valence-corrected chi connectivity index (χ1v) is 9.08. The van der Waals surface area contributed by atoms with Crippen LogP contribution < -0.4 is 5.32 Å². The Bertz CT molecular complexity index is 1190. The summed E-state index contributed by atoms with van der Waals surface area (Å²) in [6.45, 7) is 7.97. The molecule has 0 bridgehead atoms. The number of H-pyrrole nitrogens is 1. The van der Waals surface area contributed by atoms with Crippen LogP contribution in [0.3, 0.4) is 0 Å². The van der Waals surface area contributed by atoms with Gasteiger partial charge in [0.1, 0.15) is 5.82 Å². The standard InChI is InChI=1S/C22H21N5O/c1-12-7-8-23-11-17(12)21-14(3)20-13(2)18(5-6-19(20)26-21)27-22(28)16-9-24-15(4)25-10-16/h5-11,26H,1-4H3,(H,27,28). The van der Waals surface area contributed by atoms with Crippen molar-refractivity contribution in [3.8, 4) is 11.3 Å². The van der Waals surface area contributed by atoms with E-state index >= 15 is 0 Å². The summed E-state index contributed by atoms with van der Waals surface area (Å²) in [5.74, 6) is 0.411. The molecule has 6 heteroatoms. The zero-order chi connectivity index (χ0) is 19.8. The second-order valence-electron chi connectivity index (χ2n) is 6.95. The summed E-state index contributed by atoms with van der Waals surface area (Å²) in [5, 5.41) is 4.09. The number of anilines is 1. The number of nitrogens with one attached hydrogen (secondary N) is 2. The molecule has 0 spiro atoms. The second-order valence-corrected chi connectivity index (χ2v) is 6.95. The molecule has 3 heterocycles. The fourth-order valence-corrected chi connectivity index (χ4v) is 3.49. The minimum Gasteiger partial charge on any atom is -0.354 e. The van der Waals surface area contributed by atoms with Gasteiger partial charge in [0.05, 0.1) is 11.3 Å². The molecule has 0 radical (unpaired) electrons. The van der Waals surface area contributed by atoms with Gasteiger partial charge < -0.3 is 10.3 Å². The predicted octanol–water partition coefficient (Wildman–Crippen LogP) is 4.51.